The number of hydrogen-bond donors (Lipinski definition) is 1. The smallest absolute Gasteiger partial charge is 0.280 e. The summed E-state index contributed by atoms with van der Waals surface area (Å²) in [6.07, 6.45) is 1.69. The van der Waals surface area contributed by atoms with Crippen molar-refractivity contribution in [3.05, 3.63) is 21.0 Å². The molecule has 0 spiro atoms. The zero-order valence-corrected chi connectivity index (χ0v) is 10.1. The number of H-pyrrole nitrogens is 1. The van der Waals surface area contributed by atoms with Crippen LogP contribution in [-0.4, -0.2) is 48.3 Å². The van der Waals surface area contributed by atoms with E-state index < -0.39 is 0 Å². The molecule has 1 aliphatic heterocycles. The lowest BCUT2D eigenvalue weighted by Crippen LogP contribution is -2.45. The lowest BCUT2D eigenvalue weighted by Gasteiger charge is -2.33. The average molecular weight is 273 g/mol. The van der Waals surface area contributed by atoms with Crippen LogP contribution < -0.4 is 10.5 Å². The minimum atomic E-state index is -0.175. The summed E-state index contributed by atoms with van der Waals surface area (Å²) >= 11 is 3.29. The van der Waals surface area contributed by atoms with Crippen molar-refractivity contribution in [3.8, 4) is 0 Å². The fourth-order valence-electron chi connectivity index (χ4n) is 1.64. The number of nitrogens with one attached hydrogen (secondary N) is 1. The van der Waals surface area contributed by atoms with Crippen molar-refractivity contribution >= 4 is 21.6 Å². The van der Waals surface area contributed by atoms with Gasteiger partial charge in [-0.05, 0) is 23.0 Å². The zero-order chi connectivity index (χ0) is 10.8. The first kappa shape index (κ1) is 10.6. The van der Waals surface area contributed by atoms with Crippen LogP contribution in [0.2, 0.25) is 0 Å². The quantitative estimate of drug-likeness (QED) is 0.798. The zero-order valence-electron chi connectivity index (χ0n) is 8.53. The molecule has 0 amide bonds. The molecule has 0 atom stereocenters. The molecule has 0 saturated carbocycles. The molecule has 0 unspecified atom stereocenters. The third kappa shape index (κ3) is 2.21. The third-order valence-corrected chi connectivity index (χ3v) is 3.39. The van der Waals surface area contributed by atoms with Gasteiger partial charge in [0, 0.05) is 26.2 Å². The monoisotopic (exact) mass is 272 g/mol. The van der Waals surface area contributed by atoms with Crippen LogP contribution in [0.3, 0.4) is 0 Å². The van der Waals surface area contributed by atoms with Gasteiger partial charge in [0.05, 0.1) is 11.9 Å². The molecular formula is C9H13BrN4O. The van der Waals surface area contributed by atoms with E-state index in [1.165, 1.54) is 0 Å². The Morgan fingerprint density at radius 2 is 2.07 bits per heavy atom. The highest BCUT2D eigenvalue weighted by molar-refractivity contribution is 9.10. The molecule has 0 bridgehead atoms. The van der Waals surface area contributed by atoms with Gasteiger partial charge in [0.1, 0.15) is 4.47 Å². The van der Waals surface area contributed by atoms with Crippen LogP contribution in [0.1, 0.15) is 0 Å². The second kappa shape index (κ2) is 4.32. The highest BCUT2D eigenvalue weighted by Crippen LogP contribution is 2.21. The molecule has 1 saturated heterocycles. The molecule has 1 fully saturated rings. The number of aromatic nitrogens is 2. The van der Waals surface area contributed by atoms with Crippen molar-refractivity contribution in [1.29, 1.82) is 0 Å². The Balaban J connectivity index is 2.23. The van der Waals surface area contributed by atoms with Gasteiger partial charge in [-0.25, -0.2) is 5.10 Å². The molecular weight excluding hydrogens is 260 g/mol. The normalized spacial score (nSPS) is 18.1. The summed E-state index contributed by atoms with van der Waals surface area (Å²) in [7, 11) is 2.10. The Labute approximate surface area is 96.2 Å². The Kier molecular flexibility index (Phi) is 3.06. The first-order chi connectivity index (χ1) is 7.18. The molecule has 1 aromatic heterocycles. The molecule has 0 radical (unpaired) electrons. The minimum Gasteiger partial charge on any atom is -0.367 e. The molecule has 6 heteroatoms. The lowest BCUT2D eigenvalue weighted by molar-refractivity contribution is 0.312. The second-order valence-electron chi connectivity index (χ2n) is 3.69. The number of anilines is 1. The molecule has 1 N–H and O–H groups in total. The SMILES string of the molecule is CN1CCN(c2cn[nH]c(=O)c2Br)CC1. The summed E-state index contributed by atoms with van der Waals surface area (Å²) in [5.74, 6) is 0. The van der Waals surface area contributed by atoms with Gasteiger partial charge in [0.2, 0.25) is 0 Å². The number of nitrogens with zero attached hydrogens (tertiary/aromatic N) is 3. The number of rotatable bonds is 1. The Morgan fingerprint density at radius 3 is 2.73 bits per heavy atom. The average Bonchev–Trinajstić information content (AvgIpc) is 2.24. The van der Waals surface area contributed by atoms with Gasteiger partial charge < -0.3 is 9.80 Å². The van der Waals surface area contributed by atoms with Crippen LogP contribution in [-0.2, 0) is 0 Å². The van der Waals surface area contributed by atoms with Gasteiger partial charge in [-0.15, -0.1) is 0 Å². The highest BCUT2D eigenvalue weighted by atomic mass is 79.9. The Hall–Kier alpha value is -0.880. The summed E-state index contributed by atoms with van der Waals surface area (Å²) in [5.41, 5.74) is 0.707. The Bertz CT molecular complexity index is 397. The number of hydrogen-bond acceptors (Lipinski definition) is 4. The summed E-state index contributed by atoms with van der Waals surface area (Å²) in [6, 6.07) is 0. The maximum Gasteiger partial charge on any atom is 0.280 e. The first-order valence-electron chi connectivity index (χ1n) is 4.85. The molecule has 1 aliphatic rings. The van der Waals surface area contributed by atoms with Crippen molar-refractivity contribution in [2.24, 2.45) is 0 Å². The third-order valence-electron chi connectivity index (χ3n) is 2.62. The van der Waals surface area contributed by atoms with Crippen molar-refractivity contribution in [2.45, 2.75) is 0 Å². The van der Waals surface area contributed by atoms with Gasteiger partial charge in [0.15, 0.2) is 0 Å². The van der Waals surface area contributed by atoms with E-state index in [1.54, 1.807) is 6.20 Å². The van der Waals surface area contributed by atoms with Crippen LogP contribution in [0, 0.1) is 0 Å². The van der Waals surface area contributed by atoms with Gasteiger partial charge >= 0.3 is 0 Å². The van der Waals surface area contributed by atoms with E-state index in [9.17, 15) is 4.79 Å². The summed E-state index contributed by atoms with van der Waals surface area (Å²) in [4.78, 5) is 15.8. The summed E-state index contributed by atoms with van der Waals surface area (Å²) < 4.78 is 0.571. The minimum absolute atomic E-state index is 0.175. The fraction of sp³-hybridized carbons (Fsp3) is 0.556. The molecule has 2 rings (SSSR count). The van der Waals surface area contributed by atoms with E-state index in [4.69, 9.17) is 0 Å². The summed E-state index contributed by atoms with van der Waals surface area (Å²) in [5, 5.41) is 6.21. The molecule has 1 aromatic rings. The number of aromatic amines is 1. The fourth-order valence-corrected chi connectivity index (χ4v) is 2.08. The van der Waals surface area contributed by atoms with E-state index >= 15 is 0 Å². The van der Waals surface area contributed by atoms with Crippen molar-refractivity contribution in [1.82, 2.24) is 15.1 Å². The van der Waals surface area contributed by atoms with Crippen LogP contribution >= 0.6 is 15.9 Å². The first-order valence-corrected chi connectivity index (χ1v) is 5.64. The molecule has 82 valence electrons. The van der Waals surface area contributed by atoms with E-state index in [0.29, 0.717) is 4.47 Å². The van der Waals surface area contributed by atoms with Crippen molar-refractivity contribution in [3.63, 3.8) is 0 Å². The van der Waals surface area contributed by atoms with Gasteiger partial charge in [0.25, 0.3) is 5.56 Å². The van der Waals surface area contributed by atoms with Crippen molar-refractivity contribution in [2.75, 3.05) is 38.1 Å². The van der Waals surface area contributed by atoms with Crippen LogP contribution in [0.5, 0.6) is 0 Å². The molecule has 2 heterocycles. The molecule has 0 aliphatic carbocycles. The predicted octanol–water partition coefficient (Wildman–Crippen LogP) is 0.284. The molecule has 5 nitrogen and oxygen atoms in total. The topological polar surface area (TPSA) is 52.2 Å². The maximum absolute atomic E-state index is 11.3. The summed E-state index contributed by atoms with van der Waals surface area (Å²) in [6.45, 7) is 3.89. The van der Waals surface area contributed by atoms with Gasteiger partial charge in [-0.2, -0.15) is 5.10 Å². The highest BCUT2D eigenvalue weighted by Gasteiger charge is 2.17. The van der Waals surface area contributed by atoms with E-state index in [-0.39, 0.29) is 5.56 Å². The maximum atomic E-state index is 11.3. The van der Waals surface area contributed by atoms with E-state index in [1.807, 2.05) is 0 Å². The number of halogens is 1. The van der Waals surface area contributed by atoms with E-state index in [2.05, 4.69) is 43.0 Å². The van der Waals surface area contributed by atoms with Crippen LogP contribution in [0.4, 0.5) is 5.69 Å². The van der Waals surface area contributed by atoms with Crippen LogP contribution in [0.15, 0.2) is 15.5 Å². The Morgan fingerprint density at radius 1 is 1.40 bits per heavy atom. The van der Waals surface area contributed by atoms with Gasteiger partial charge in [-0.3, -0.25) is 4.79 Å². The van der Waals surface area contributed by atoms with Gasteiger partial charge in [-0.1, -0.05) is 0 Å². The largest absolute Gasteiger partial charge is 0.367 e. The van der Waals surface area contributed by atoms with Crippen molar-refractivity contribution < 1.29 is 0 Å². The molecule has 15 heavy (non-hydrogen) atoms. The second-order valence-corrected chi connectivity index (χ2v) is 4.48. The van der Waals surface area contributed by atoms with E-state index in [0.717, 1.165) is 31.9 Å². The van der Waals surface area contributed by atoms with Crippen LogP contribution in [0.25, 0.3) is 0 Å². The number of piperazine rings is 1. The molecule has 0 aromatic carbocycles. The lowest BCUT2D eigenvalue weighted by atomic mass is 10.3. The standard InChI is InChI=1S/C9H13BrN4O/c1-13-2-4-14(5-3-13)7-6-11-12-9(15)8(7)10/h6H,2-5H2,1H3,(H,12,15). The number of likely N-dealkylation sites (N-methyl/N-ethyl adjacent to an activating group) is 1. The predicted molar refractivity (Wildman–Crippen MR) is 62.3 cm³/mol.